The van der Waals surface area contributed by atoms with Gasteiger partial charge in [-0.05, 0) is 36.8 Å². The second-order valence-corrected chi connectivity index (χ2v) is 7.05. The lowest BCUT2D eigenvalue weighted by atomic mass is 9.91. The summed E-state index contributed by atoms with van der Waals surface area (Å²) in [5.74, 6) is 2.47. The molecule has 4 unspecified atom stereocenters. The van der Waals surface area contributed by atoms with Gasteiger partial charge in [-0.1, -0.05) is 46.3 Å². The number of alkyl halides is 1. The van der Waals surface area contributed by atoms with Crippen molar-refractivity contribution in [2.24, 2.45) is 17.3 Å². The smallest absolute Gasteiger partial charge is 0.119 e. The lowest BCUT2D eigenvalue weighted by Gasteiger charge is -2.23. The Bertz CT molecular complexity index is 483. The molecular formula is C15H15BrO. The van der Waals surface area contributed by atoms with Crippen LogP contribution in [0.2, 0.25) is 0 Å². The molecular weight excluding hydrogens is 276 g/mol. The van der Waals surface area contributed by atoms with Gasteiger partial charge in [0, 0.05) is 9.74 Å². The SMILES string of the molecule is BrC12CC1(COc1ccccc1)C1C=CC2C1. The molecule has 1 aromatic carbocycles. The zero-order valence-corrected chi connectivity index (χ0v) is 11.2. The Labute approximate surface area is 110 Å². The average molecular weight is 291 g/mol. The third-order valence-corrected chi connectivity index (χ3v) is 6.55. The van der Waals surface area contributed by atoms with Crippen molar-refractivity contribution < 1.29 is 4.74 Å². The van der Waals surface area contributed by atoms with Gasteiger partial charge in [-0.3, -0.25) is 0 Å². The van der Waals surface area contributed by atoms with Crippen molar-refractivity contribution in [3.8, 4) is 5.75 Å². The van der Waals surface area contributed by atoms with E-state index in [1.54, 1.807) is 0 Å². The highest BCUT2D eigenvalue weighted by molar-refractivity contribution is 9.10. The van der Waals surface area contributed by atoms with Crippen LogP contribution in [0.25, 0.3) is 0 Å². The van der Waals surface area contributed by atoms with Crippen LogP contribution in [0.3, 0.4) is 0 Å². The quantitative estimate of drug-likeness (QED) is 0.608. The van der Waals surface area contributed by atoms with E-state index in [1.807, 2.05) is 30.3 Å². The van der Waals surface area contributed by atoms with Gasteiger partial charge in [0.1, 0.15) is 5.75 Å². The van der Waals surface area contributed by atoms with E-state index in [9.17, 15) is 0 Å². The van der Waals surface area contributed by atoms with Crippen LogP contribution in [-0.2, 0) is 0 Å². The summed E-state index contributed by atoms with van der Waals surface area (Å²) in [6.07, 6.45) is 7.40. The van der Waals surface area contributed by atoms with E-state index < -0.39 is 0 Å². The maximum Gasteiger partial charge on any atom is 0.119 e. The molecule has 4 rings (SSSR count). The van der Waals surface area contributed by atoms with E-state index in [-0.39, 0.29) is 0 Å². The molecule has 0 spiro atoms. The van der Waals surface area contributed by atoms with E-state index in [0.717, 1.165) is 24.2 Å². The molecule has 3 aliphatic rings. The fraction of sp³-hybridized carbons (Fsp3) is 0.467. The molecule has 4 atom stereocenters. The lowest BCUT2D eigenvalue weighted by molar-refractivity contribution is 0.204. The Morgan fingerprint density at radius 2 is 1.94 bits per heavy atom. The van der Waals surface area contributed by atoms with Crippen LogP contribution in [0.1, 0.15) is 12.8 Å². The Kier molecular flexibility index (Phi) is 1.90. The molecule has 1 aromatic rings. The van der Waals surface area contributed by atoms with Crippen LogP contribution in [0.5, 0.6) is 5.75 Å². The van der Waals surface area contributed by atoms with E-state index in [1.165, 1.54) is 12.8 Å². The van der Waals surface area contributed by atoms with Gasteiger partial charge in [0.25, 0.3) is 0 Å². The molecule has 0 aromatic heterocycles. The number of benzene rings is 1. The van der Waals surface area contributed by atoms with Crippen LogP contribution >= 0.6 is 15.9 Å². The molecule has 2 heteroatoms. The number of hydrogen-bond acceptors (Lipinski definition) is 1. The molecule has 0 saturated heterocycles. The van der Waals surface area contributed by atoms with Crippen molar-refractivity contribution in [2.75, 3.05) is 6.61 Å². The summed E-state index contributed by atoms with van der Waals surface area (Å²) in [5.41, 5.74) is 0.377. The fourth-order valence-electron chi connectivity index (χ4n) is 3.81. The minimum atomic E-state index is 0.355. The van der Waals surface area contributed by atoms with Crippen molar-refractivity contribution in [2.45, 2.75) is 17.2 Å². The Balaban J connectivity index is 1.53. The summed E-state index contributed by atoms with van der Waals surface area (Å²) in [6.45, 7) is 0.855. The molecule has 2 fully saturated rings. The van der Waals surface area contributed by atoms with Crippen molar-refractivity contribution >= 4 is 15.9 Å². The van der Waals surface area contributed by atoms with Crippen molar-refractivity contribution in [3.05, 3.63) is 42.5 Å². The highest BCUT2D eigenvalue weighted by Crippen LogP contribution is 2.78. The zero-order chi connectivity index (χ0) is 11.5. The monoisotopic (exact) mass is 290 g/mol. The van der Waals surface area contributed by atoms with Crippen LogP contribution in [0.4, 0.5) is 0 Å². The third kappa shape index (κ3) is 1.20. The number of allylic oxidation sites excluding steroid dienone is 2. The van der Waals surface area contributed by atoms with Crippen LogP contribution < -0.4 is 4.74 Å². The van der Waals surface area contributed by atoms with Crippen LogP contribution in [0.15, 0.2) is 42.5 Å². The highest BCUT2D eigenvalue weighted by Gasteiger charge is 2.77. The van der Waals surface area contributed by atoms with E-state index in [4.69, 9.17) is 4.74 Å². The van der Waals surface area contributed by atoms with E-state index in [0.29, 0.717) is 9.74 Å². The fourth-order valence-corrected chi connectivity index (χ4v) is 5.06. The van der Waals surface area contributed by atoms with Gasteiger partial charge >= 0.3 is 0 Å². The number of rotatable bonds is 3. The summed E-state index contributed by atoms with van der Waals surface area (Å²) in [7, 11) is 0. The van der Waals surface area contributed by atoms with Gasteiger partial charge in [0.05, 0.1) is 6.61 Å². The molecule has 2 bridgehead atoms. The van der Waals surface area contributed by atoms with Crippen molar-refractivity contribution in [1.82, 2.24) is 0 Å². The zero-order valence-electron chi connectivity index (χ0n) is 9.60. The van der Waals surface area contributed by atoms with Gasteiger partial charge in [-0.2, -0.15) is 0 Å². The van der Waals surface area contributed by atoms with Gasteiger partial charge in [-0.25, -0.2) is 0 Å². The molecule has 17 heavy (non-hydrogen) atoms. The Morgan fingerprint density at radius 1 is 1.18 bits per heavy atom. The third-order valence-electron chi connectivity index (χ3n) is 4.90. The first kappa shape index (κ1) is 10.2. The predicted octanol–water partition coefficient (Wildman–Crippen LogP) is 3.80. The van der Waals surface area contributed by atoms with E-state index >= 15 is 0 Å². The van der Waals surface area contributed by atoms with Gasteiger partial charge < -0.3 is 4.74 Å². The summed E-state index contributed by atoms with van der Waals surface area (Å²) in [4.78, 5) is 0. The summed E-state index contributed by atoms with van der Waals surface area (Å²) in [6, 6.07) is 10.2. The maximum atomic E-state index is 5.99. The molecule has 88 valence electrons. The number of para-hydroxylation sites is 1. The largest absolute Gasteiger partial charge is 0.493 e. The first-order valence-electron chi connectivity index (χ1n) is 6.30. The lowest BCUT2D eigenvalue weighted by Crippen LogP contribution is -2.25. The number of ether oxygens (including phenoxy) is 1. The minimum absolute atomic E-state index is 0.355. The highest BCUT2D eigenvalue weighted by atomic mass is 79.9. The molecule has 0 heterocycles. The number of fused-ring (bicyclic) bond motifs is 5. The van der Waals surface area contributed by atoms with Gasteiger partial charge in [0.2, 0.25) is 0 Å². The molecule has 1 nitrogen and oxygen atoms in total. The van der Waals surface area contributed by atoms with Crippen molar-refractivity contribution in [3.63, 3.8) is 0 Å². The summed E-state index contributed by atoms with van der Waals surface area (Å²) in [5, 5.41) is 0. The molecule has 0 N–H and O–H groups in total. The van der Waals surface area contributed by atoms with Gasteiger partial charge in [0.15, 0.2) is 0 Å². The minimum Gasteiger partial charge on any atom is -0.493 e. The first-order chi connectivity index (χ1) is 8.25. The van der Waals surface area contributed by atoms with Crippen molar-refractivity contribution in [1.29, 1.82) is 0 Å². The first-order valence-corrected chi connectivity index (χ1v) is 7.09. The Hall–Kier alpha value is -0.760. The topological polar surface area (TPSA) is 9.23 Å². The maximum absolute atomic E-state index is 5.99. The average Bonchev–Trinajstić information content (AvgIpc) is 2.73. The van der Waals surface area contributed by atoms with E-state index in [2.05, 4.69) is 28.1 Å². The second kappa shape index (κ2) is 3.17. The number of hydrogen-bond donors (Lipinski definition) is 0. The van der Waals surface area contributed by atoms with Crippen LogP contribution in [0, 0.1) is 17.3 Å². The second-order valence-electron chi connectivity index (χ2n) is 5.63. The molecule has 0 radical (unpaired) electrons. The summed E-state index contributed by atoms with van der Waals surface area (Å²) < 4.78 is 6.34. The van der Waals surface area contributed by atoms with Gasteiger partial charge in [-0.15, -0.1) is 0 Å². The predicted molar refractivity (Wildman–Crippen MR) is 71.4 cm³/mol. The van der Waals surface area contributed by atoms with Crippen LogP contribution in [-0.4, -0.2) is 10.9 Å². The number of halogens is 1. The standard InChI is InChI=1S/C15H15BrO/c16-15-9-14(15,11-6-7-12(15)8-11)10-17-13-4-2-1-3-5-13/h1-7,11-12H,8-10H2. The normalized spacial score (nSPS) is 44.8. The Morgan fingerprint density at radius 3 is 2.65 bits per heavy atom. The molecule has 2 saturated carbocycles. The molecule has 0 aliphatic heterocycles. The molecule has 0 amide bonds. The molecule has 3 aliphatic carbocycles. The summed E-state index contributed by atoms with van der Waals surface area (Å²) >= 11 is 3.97.